The second-order valence-corrected chi connectivity index (χ2v) is 8.90. The van der Waals surface area contributed by atoms with Gasteiger partial charge in [0.15, 0.2) is 0 Å². The summed E-state index contributed by atoms with van der Waals surface area (Å²) in [6.45, 7) is 6.66. The third kappa shape index (κ3) is 5.44. The fourth-order valence-corrected chi connectivity index (χ4v) is 4.59. The molecule has 8 heteroatoms. The zero-order valence-electron chi connectivity index (χ0n) is 17.3. The third-order valence-corrected chi connectivity index (χ3v) is 6.23. The van der Waals surface area contributed by atoms with Crippen LogP contribution in [0.1, 0.15) is 30.6 Å². The molecule has 2 aromatic carbocycles. The maximum absolute atomic E-state index is 12.9. The van der Waals surface area contributed by atoms with Gasteiger partial charge in [0, 0.05) is 43.5 Å². The maximum atomic E-state index is 12.9. The van der Waals surface area contributed by atoms with E-state index in [9.17, 15) is 20.0 Å². The summed E-state index contributed by atoms with van der Waals surface area (Å²) in [7, 11) is 0. The van der Waals surface area contributed by atoms with Gasteiger partial charge < -0.3 is 14.9 Å². The molecule has 0 bridgehead atoms. The van der Waals surface area contributed by atoms with Crippen LogP contribution in [-0.4, -0.2) is 52.8 Å². The molecule has 1 fully saturated rings. The average Bonchev–Trinajstić information content (AvgIpc) is 2.74. The summed E-state index contributed by atoms with van der Waals surface area (Å²) in [6.07, 6.45) is 0.980. The number of thioether (sulfide) groups is 1. The first kappa shape index (κ1) is 22.0. The van der Waals surface area contributed by atoms with Crippen molar-refractivity contribution in [1.29, 1.82) is 0 Å². The largest absolute Gasteiger partial charge is 0.508 e. The van der Waals surface area contributed by atoms with Crippen LogP contribution in [0, 0.1) is 16.0 Å². The van der Waals surface area contributed by atoms with E-state index in [1.165, 1.54) is 17.8 Å². The average molecular weight is 430 g/mol. The van der Waals surface area contributed by atoms with Crippen LogP contribution < -0.4 is 4.90 Å². The third-order valence-electron chi connectivity index (χ3n) is 5.14. The van der Waals surface area contributed by atoms with Crippen molar-refractivity contribution in [3.63, 3.8) is 0 Å². The van der Waals surface area contributed by atoms with Gasteiger partial charge in [-0.1, -0.05) is 13.8 Å². The molecule has 160 valence electrons. The number of nitrogens with zero attached hydrogens (tertiary/aromatic N) is 3. The van der Waals surface area contributed by atoms with Crippen LogP contribution in [0.15, 0.2) is 47.4 Å². The van der Waals surface area contributed by atoms with E-state index >= 15 is 0 Å². The Kier molecular flexibility index (Phi) is 7.20. The molecule has 3 rings (SSSR count). The molecule has 0 saturated carbocycles. The summed E-state index contributed by atoms with van der Waals surface area (Å²) in [5.74, 6) is 1.39. The fourth-order valence-electron chi connectivity index (χ4n) is 3.33. The van der Waals surface area contributed by atoms with Crippen LogP contribution in [0.5, 0.6) is 5.75 Å². The van der Waals surface area contributed by atoms with Crippen LogP contribution in [0.2, 0.25) is 0 Å². The predicted molar refractivity (Wildman–Crippen MR) is 119 cm³/mol. The van der Waals surface area contributed by atoms with Crippen molar-refractivity contribution >= 4 is 29.0 Å². The number of nitro groups is 1. The number of aromatic hydroxyl groups is 1. The highest BCUT2D eigenvalue weighted by Crippen LogP contribution is 2.31. The van der Waals surface area contributed by atoms with Gasteiger partial charge >= 0.3 is 0 Å². The molecule has 1 amide bonds. The first-order chi connectivity index (χ1) is 14.3. The lowest BCUT2D eigenvalue weighted by atomic mass is 10.1. The number of carbonyl (C=O) groups excluding carboxylic acids is 1. The quantitative estimate of drug-likeness (QED) is 0.399. The van der Waals surface area contributed by atoms with Crippen LogP contribution >= 0.6 is 11.8 Å². The second kappa shape index (κ2) is 9.84. The van der Waals surface area contributed by atoms with Crippen molar-refractivity contribution in [2.24, 2.45) is 5.92 Å². The molecule has 1 N–H and O–H groups in total. The van der Waals surface area contributed by atoms with Crippen molar-refractivity contribution < 1.29 is 14.8 Å². The van der Waals surface area contributed by atoms with Gasteiger partial charge in [0.25, 0.3) is 11.6 Å². The molecule has 0 atom stereocenters. The molecule has 0 spiro atoms. The first-order valence-electron chi connectivity index (χ1n) is 10.1. The second-order valence-electron chi connectivity index (χ2n) is 7.77. The van der Waals surface area contributed by atoms with Gasteiger partial charge in [0.1, 0.15) is 5.75 Å². The molecular formula is C22H27N3O4S. The van der Waals surface area contributed by atoms with Crippen LogP contribution in [0.4, 0.5) is 11.4 Å². The molecule has 1 heterocycles. The molecule has 0 radical (unpaired) electrons. The van der Waals surface area contributed by atoms with Gasteiger partial charge in [-0.05, 0) is 54.5 Å². The number of phenolic OH excluding ortho intramolecular Hbond substituents is 1. The summed E-state index contributed by atoms with van der Waals surface area (Å²) in [5.41, 5.74) is 1.35. The topological polar surface area (TPSA) is 86.9 Å². The van der Waals surface area contributed by atoms with E-state index in [-0.39, 0.29) is 17.3 Å². The lowest BCUT2D eigenvalue weighted by molar-refractivity contribution is -0.387. The maximum Gasteiger partial charge on any atom is 0.283 e. The van der Waals surface area contributed by atoms with E-state index in [1.807, 2.05) is 12.1 Å². The van der Waals surface area contributed by atoms with Gasteiger partial charge in [0.2, 0.25) is 0 Å². The molecule has 7 nitrogen and oxygen atoms in total. The number of hydrogen-bond acceptors (Lipinski definition) is 6. The highest BCUT2D eigenvalue weighted by Gasteiger charge is 2.25. The van der Waals surface area contributed by atoms with Crippen molar-refractivity contribution in [1.82, 2.24) is 4.90 Å². The van der Waals surface area contributed by atoms with E-state index in [0.717, 1.165) is 17.9 Å². The van der Waals surface area contributed by atoms with Gasteiger partial charge in [-0.15, -0.1) is 11.8 Å². The van der Waals surface area contributed by atoms with Gasteiger partial charge in [-0.2, -0.15) is 0 Å². The molecule has 0 unspecified atom stereocenters. The van der Waals surface area contributed by atoms with Crippen molar-refractivity contribution in [2.75, 3.05) is 36.8 Å². The number of benzene rings is 2. The molecule has 2 aromatic rings. The van der Waals surface area contributed by atoms with E-state index < -0.39 is 4.92 Å². The van der Waals surface area contributed by atoms with Gasteiger partial charge in [-0.3, -0.25) is 14.9 Å². The summed E-state index contributed by atoms with van der Waals surface area (Å²) < 4.78 is 0. The molecule has 1 aliphatic rings. The smallest absolute Gasteiger partial charge is 0.283 e. The minimum absolute atomic E-state index is 0.00247. The van der Waals surface area contributed by atoms with Gasteiger partial charge in [-0.25, -0.2) is 0 Å². The Labute approximate surface area is 180 Å². The summed E-state index contributed by atoms with van der Waals surface area (Å²) in [5, 5.41) is 21.0. The molecular weight excluding hydrogens is 402 g/mol. The normalized spacial score (nSPS) is 14.2. The number of nitro benzene ring substituents is 1. The fraction of sp³-hybridized carbons (Fsp3) is 0.409. The van der Waals surface area contributed by atoms with Crippen molar-refractivity contribution in [3.8, 4) is 5.75 Å². The lowest BCUT2D eigenvalue weighted by Crippen LogP contribution is -2.48. The minimum atomic E-state index is -0.406. The predicted octanol–water partition coefficient (Wildman–Crippen LogP) is 4.40. The SMILES string of the molecule is CC(C)CCSc1ccc(C(=O)N2CCN(c3ccc(O)cc3)CC2)cc1[N+](=O)[O-]. The Hall–Kier alpha value is -2.74. The molecule has 30 heavy (non-hydrogen) atoms. The molecule has 0 aliphatic carbocycles. The number of piperazine rings is 1. The minimum Gasteiger partial charge on any atom is -0.508 e. The summed E-state index contributed by atoms with van der Waals surface area (Å²) in [6, 6.07) is 11.8. The van der Waals surface area contributed by atoms with Crippen LogP contribution in [0.25, 0.3) is 0 Å². The monoisotopic (exact) mass is 429 g/mol. The first-order valence-corrected chi connectivity index (χ1v) is 11.1. The zero-order chi connectivity index (χ0) is 21.7. The number of anilines is 1. The highest BCUT2D eigenvalue weighted by atomic mass is 32.2. The van der Waals surface area contributed by atoms with E-state index in [2.05, 4.69) is 18.7 Å². The Morgan fingerprint density at radius 1 is 1.13 bits per heavy atom. The van der Waals surface area contributed by atoms with E-state index in [4.69, 9.17) is 0 Å². The summed E-state index contributed by atoms with van der Waals surface area (Å²) >= 11 is 1.47. The highest BCUT2D eigenvalue weighted by molar-refractivity contribution is 7.99. The zero-order valence-corrected chi connectivity index (χ0v) is 18.1. The van der Waals surface area contributed by atoms with Crippen molar-refractivity contribution in [2.45, 2.75) is 25.2 Å². The Balaban J connectivity index is 1.65. The van der Waals surface area contributed by atoms with E-state index in [1.54, 1.807) is 29.2 Å². The molecule has 0 aromatic heterocycles. The van der Waals surface area contributed by atoms with Crippen molar-refractivity contribution in [3.05, 3.63) is 58.1 Å². The number of hydrogen-bond donors (Lipinski definition) is 1. The van der Waals surface area contributed by atoms with E-state index in [0.29, 0.717) is 42.6 Å². The molecule has 1 aliphatic heterocycles. The number of phenols is 1. The Morgan fingerprint density at radius 2 is 1.80 bits per heavy atom. The Bertz CT molecular complexity index is 894. The number of rotatable bonds is 7. The lowest BCUT2D eigenvalue weighted by Gasteiger charge is -2.36. The Morgan fingerprint density at radius 3 is 2.40 bits per heavy atom. The van der Waals surface area contributed by atoms with Crippen LogP contribution in [-0.2, 0) is 0 Å². The number of carbonyl (C=O) groups is 1. The number of amides is 1. The standard InChI is InChI=1S/C22H27N3O4S/c1-16(2)9-14-30-21-8-3-17(15-20(21)25(28)29)22(27)24-12-10-23(11-13-24)18-4-6-19(26)7-5-18/h3-8,15-16,26H,9-14H2,1-2H3. The molecule has 1 saturated heterocycles. The van der Waals surface area contributed by atoms with Crippen LogP contribution in [0.3, 0.4) is 0 Å². The van der Waals surface area contributed by atoms with Gasteiger partial charge in [0.05, 0.1) is 9.82 Å². The summed E-state index contributed by atoms with van der Waals surface area (Å²) in [4.78, 5) is 28.5.